The minimum absolute atomic E-state index is 0.0437. The lowest BCUT2D eigenvalue weighted by Gasteiger charge is -2.29. The highest BCUT2D eigenvalue weighted by Gasteiger charge is 2.50. The molecule has 156 valence electrons. The molecule has 1 heterocycles. The number of carbonyl (C=O) groups excluding carboxylic acids is 1. The number of alkyl halides is 3. The Morgan fingerprint density at radius 2 is 1.73 bits per heavy atom. The van der Waals surface area contributed by atoms with E-state index in [4.69, 9.17) is 22.2 Å². The number of thiocarbonyl (C=S) groups is 1. The summed E-state index contributed by atoms with van der Waals surface area (Å²) in [6, 6.07) is 11.6. The predicted molar refractivity (Wildman–Crippen MR) is 110 cm³/mol. The van der Waals surface area contributed by atoms with Gasteiger partial charge in [-0.1, -0.05) is 0 Å². The molecule has 1 aliphatic heterocycles. The Bertz CT molecular complexity index is 1040. The van der Waals surface area contributed by atoms with Gasteiger partial charge in [-0.15, -0.1) is 0 Å². The molecule has 3 rings (SSSR count). The molecule has 0 spiro atoms. The third kappa shape index (κ3) is 3.59. The van der Waals surface area contributed by atoms with Crippen molar-refractivity contribution < 1.29 is 22.7 Å². The van der Waals surface area contributed by atoms with Crippen molar-refractivity contribution in [2.24, 2.45) is 0 Å². The summed E-state index contributed by atoms with van der Waals surface area (Å²) in [5.74, 6) is 0.175. The van der Waals surface area contributed by atoms with Crippen molar-refractivity contribution in [2.45, 2.75) is 32.5 Å². The number of amides is 1. The highest BCUT2D eigenvalue weighted by molar-refractivity contribution is 7.81. The highest BCUT2D eigenvalue weighted by atomic mass is 32.1. The van der Waals surface area contributed by atoms with Crippen LogP contribution in [-0.2, 0) is 11.0 Å². The van der Waals surface area contributed by atoms with Crippen molar-refractivity contribution in [3.05, 3.63) is 53.6 Å². The van der Waals surface area contributed by atoms with Crippen molar-refractivity contribution in [1.82, 2.24) is 0 Å². The molecule has 0 unspecified atom stereocenters. The van der Waals surface area contributed by atoms with Crippen LogP contribution in [0.4, 0.5) is 24.5 Å². The number of anilines is 2. The number of hydrogen-bond acceptors (Lipinski definition) is 4. The molecule has 0 aliphatic carbocycles. The molecule has 1 fully saturated rings. The lowest BCUT2D eigenvalue weighted by molar-refractivity contribution is -0.137. The molecule has 0 saturated carbocycles. The molecule has 0 bridgehead atoms. The third-order valence-corrected chi connectivity index (χ3v) is 5.13. The van der Waals surface area contributed by atoms with E-state index < -0.39 is 28.7 Å². The fraction of sp³-hybridized carbons (Fsp3) is 0.286. The summed E-state index contributed by atoms with van der Waals surface area (Å²) in [6.45, 7) is 5.65. The van der Waals surface area contributed by atoms with Gasteiger partial charge in [-0.2, -0.15) is 18.4 Å². The summed E-state index contributed by atoms with van der Waals surface area (Å²) in [4.78, 5) is 15.8. The van der Waals surface area contributed by atoms with Gasteiger partial charge in [-0.3, -0.25) is 9.69 Å². The maximum absolute atomic E-state index is 13.4. The molecule has 1 aliphatic rings. The number of carbonyl (C=O) groups is 1. The number of rotatable bonds is 4. The van der Waals surface area contributed by atoms with Gasteiger partial charge in [-0.05, 0) is 75.5 Å². The molecule has 0 radical (unpaired) electrons. The van der Waals surface area contributed by atoms with Gasteiger partial charge in [0.05, 0.1) is 29.5 Å². The van der Waals surface area contributed by atoms with Crippen LogP contribution in [0.5, 0.6) is 5.75 Å². The van der Waals surface area contributed by atoms with E-state index in [0.29, 0.717) is 18.0 Å². The van der Waals surface area contributed by atoms with Crippen molar-refractivity contribution in [3.8, 4) is 11.8 Å². The van der Waals surface area contributed by atoms with Gasteiger partial charge >= 0.3 is 6.18 Å². The fourth-order valence-electron chi connectivity index (χ4n) is 3.32. The number of nitriles is 1. The van der Waals surface area contributed by atoms with Gasteiger partial charge in [0, 0.05) is 5.69 Å². The topological polar surface area (TPSA) is 56.6 Å². The zero-order valence-corrected chi connectivity index (χ0v) is 17.3. The maximum Gasteiger partial charge on any atom is 0.417 e. The molecule has 9 heteroatoms. The third-order valence-electron chi connectivity index (χ3n) is 4.76. The van der Waals surface area contributed by atoms with Crippen LogP contribution in [-0.4, -0.2) is 23.2 Å². The molecule has 0 N–H and O–H groups in total. The Hall–Kier alpha value is -3.12. The van der Waals surface area contributed by atoms with Crippen LogP contribution in [0, 0.1) is 11.3 Å². The number of nitrogens with zero attached hydrogens (tertiary/aromatic N) is 3. The first-order valence-corrected chi connectivity index (χ1v) is 9.46. The molecule has 0 aromatic heterocycles. The number of hydrogen-bond donors (Lipinski definition) is 0. The molecule has 0 atom stereocenters. The molecular formula is C21H18F3N3O2S. The van der Waals surface area contributed by atoms with E-state index in [1.165, 1.54) is 12.1 Å². The molecule has 1 saturated heterocycles. The lowest BCUT2D eigenvalue weighted by Crippen LogP contribution is -2.44. The van der Waals surface area contributed by atoms with Crippen molar-refractivity contribution >= 4 is 34.6 Å². The van der Waals surface area contributed by atoms with Crippen LogP contribution >= 0.6 is 12.2 Å². The van der Waals surface area contributed by atoms with Crippen molar-refractivity contribution in [1.29, 1.82) is 5.26 Å². The summed E-state index contributed by atoms with van der Waals surface area (Å²) in [6.07, 6.45) is -4.74. The van der Waals surface area contributed by atoms with Gasteiger partial charge in [0.15, 0.2) is 5.11 Å². The predicted octanol–water partition coefficient (Wildman–Crippen LogP) is 4.89. The summed E-state index contributed by atoms with van der Waals surface area (Å²) < 4.78 is 45.6. The zero-order chi connectivity index (χ0) is 22.3. The summed E-state index contributed by atoms with van der Waals surface area (Å²) >= 11 is 5.49. The second-order valence-corrected chi connectivity index (χ2v) is 7.45. The van der Waals surface area contributed by atoms with E-state index in [9.17, 15) is 18.0 Å². The average molecular weight is 433 g/mol. The quantitative estimate of drug-likeness (QED) is 0.643. The van der Waals surface area contributed by atoms with E-state index in [1.807, 2.05) is 6.92 Å². The van der Waals surface area contributed by atoms with Crippen LogP contribution in [0.3, 0.4) is 0 Å². The number of halogens is 3. The molecular weight excluding hydrogens is 415 g/mol. The molecule has 30 heavy (non-hydrogen) atoms. The maximum atomic E-state index is 13.4. The average Bonchev–Trinajstić information content (AvgIpc) is 2.86. The standard InChI is InChI=1S/C21H18F3N3O2S/c1-4-29-16-9-7-14(8-10-16)27-19(30)26(18(28)20(27,2)3)15-6-5-13(12-25)17(11-15)21(22,23)24/h5-11H,4H2,1-3H3. The van der Waals surface area contributed by atoms with E-state index in [0.717, 1.165) is 17.0 Å². The van der Waals surface area contributed by atoms with E-state index >= 15 is 0 Å². The SMILES string of the molecule is CCOc1ccc(N2C(=S)N(c3ccc(C#N)c(C(F)(F)F)c3)C(=O)C2(C)C)cc1. The normalized spacial score (nSPS) is 16.0. The number of benzene rings is 2. The molecule has 2 aromatic carbocycles. The molecule has 5 nitrogen and oxygen atoms in total. The van der Waals surface area contributed by atoms with Gasteiger partial charge in [0.1, 0.15) is 11.3 Å². The second kappa shape index (κ2) is 7.61. The van der Waals surface area contributed by atoms with E-state index in [2.05, 4.69) is 0 Å². The Kier molecular flexibility index (Phi) is 5.48. The minimum atomic E-state index is -4.74. The lowest BCUT2D eigenvalue weighted by atomic mass is 10.0. The summed E-state index contributed by atoms with van der Waals surface area (Å²) in [7, 11) is 0. The van der Waals surface area contributed by atoms with Crippen LogP contribution < -0.4 is 14.5 Å². The van der Waals surface area contributed by atoms with Crippen LogP contribution in [0.15, 0.2) is 42.5 Å². The van der Waals surface area contributed by atoms with E-state index in [1.54, 1.807) is 43.0 Å². The van der Waals surface area contributed by atoms with Gasteiger partial charge in [0.25, 0.3) is 5.91 Å². The Morgan fingerprint density at radius 3 is 2.27 bits per heavy atom. The van der Waals surface area contributed by atoms with E-state index in [-0.39, 0.29) is 10.8 Å². The molecule has 2 aromatic rings. The minimum Gasteiger partial charge on any atom is -0.494 e. The Labute approximate surface area is 177 Å². The van der Waals surface area contributed by atoms with Crippen molar-refractivity contribution in [2.75, 3.05) is 16.4 Å². The van der Waals surface area contributed by atoms with Crippen LogP contribution in [0.25, 0.3) is 0 Å². The van der Waals surface area contributed by atoms with Gasteiger partial charge in [-0.25, -0.2) is 0 Å². The van der Waals surface area contributed by atoms with Crippen molar-refractivity contribution in [3.63, 3.8) is 0 Å². The van der Waals surface area contributed by atoms with Gasteiger partial charge in [0.2, 0.25) is 0 Å². The first kappa shape index (κ1) is 21.6. The van der Waals surface area contributed by atoms with Crippen LogP contribution in [0.1, 0.15) is 31.9 Å². The smallest absolute Gasteiger partial charge is 0.417 e. The Balaban J connectivity index is 2.05. The van der Waals surface area contributed by atoms with Gasteiger partial charge < -0.3 is 9.64 Å². The number of ether oxygens (including phenoxy) is 1. The first-order chi connectivity index (χ1) is 14.0. The van der Waals surface area contributed by atoms with Crippen LogP contribution in [0.2, 0.25) is 0 Å². The Morgan fingerprint density at radius 1 is 1.13 bits per heavy atom. The fourth-order valence-corrected chi connectivity index (χ4v) is 3.84. The molecule has 1 amide bonds. The zero-order valence-electron chi connectivity index (χ0n) is 16.4. The summed E-state index contributed by atoms with van der Waals surface area (Å²) in [5, 5.41) is 9.05. The second-order valence-electron chi connectivity index (χ2n) is 7.08. The monoisotopic (exact) mass is 433 g/mol. The summed E-state index contributed by atoms with van der Waals surface area (Å²) in [5.41, 5.74) is -2.20. The first-order valence-electron chi connectivity index (χ1n) is 9.05. The highest BCUT2D eigenvalue weighted by Crippen LogP contribution is 2.39. The largest absolute Gasteiger partial charge is 0.494 e.